The molecule has 0 spiro atoms. The molecule has 10 heteroatoms. The molecule has 0 unspecified atom stereocenters. The first-order valence-electron chi connectivity index (χ1n) is 10.0. The SMILES string of the molecule is N#C[C@@]1(c2ccc(/C(N)=N\C=N)[nH]2)O[C@H](COC(=O)CC2CCCCC2)[C@@H](O)[C@H]1O. The van der Waals surface area contributed by atoms with Crippen LogP contribution in [0, 0.1) is 22.7 Å². The fourth-order valence-electron chi connectivity index (χ4n) is 4.09. The van der Waals surface area contributed by atoms with E-state index in [1.807, 2.05) is 6.07 Å². The van der Waals surface area contributed by atoms with Gasteiger partial charge in [-0.05, 0) is 30.9 Å². The molecule has 0 bridgehead atoms. The van der Waals surface area contributed by atoms with Crippen LogP contribution in [0.25, 0.3) is 0 Å². The van der Waals surface area contributed by atoms with E-state index in [1.54, 1.807) is 0 Å². The average molecular weight is 417 g/mol. The van der Waals surface area contributed by atoms with Crippen LogP contribution in [0.3, 0.4) is 0 Å². The van der Waals surface area contributed by atoms with E-state index in [9.17, 15) is 20.3 Å². The number of amidine groups is 1. The van der Waals surface area contributed by atoms with Crippen LogP contribution in [-0.4, -0.2) is 58.3 Å². The van der Waals surface area contributed by atoms with Gasteiger partial charge in [0.25, 0.3) is 0 Å². The smallest absolute Gasteiger partial charge is 0.306 e. The van der Waals surface area contributed by atoms with Crippen molar-refractivity contribution < 1.29 is 24.5 Å². The number of aromatic nitrogens is 1. The summed E-state index contributed by atoms with van der Waals surface area (Å²) in [7, 11) is 0. The predicted molar refractivity (Wildman–Crippen MR) is 107 cm³/mol. The van der Waals surface area contributed by atoms with Gasteiger partial charge in [-0.3, -0.25) is 10.2 Å². The van der Waals surface area contributed by atoms with Crippen LogP contribution in [0.2, 0.25) is 0 Å². The Bertz CT molecular complexity index is 841. The van der Waals surface area contributed by atoms with Crippen molar-refractivity contribution in [2.75, 3.05) is 6.61 Å². The maximum absolute atomic E-state index is 12.2. The second-order valence-corrected chi connectivity index (χ2v) is 7.76. The highest BCUT2D eigenvalue weighted by Crippen LogP contribution is 2.39. The molecule has 0 aromatic carbocycles. The Morgan fingerprint density at radius 1 is 1.43 bits per heavy atom. The zero-order valence-corrected chi connectivity index (χ0v) is 16.6. The summed E-state index contributed by atoms with van der Waals surface area (Å²) in [6.45, 7) is -0.266. The first-order chi connectivity index (χ1) is 14.4. The lowest BCUT2D eigenvalue weighted by molar-refractivity contribution is -0.152. The highest BCUT2D eigenvalue weighted by Gasteiger charge is 2.57. The number of carbonyl (C=O) groups excluding carboxylic acids is 1. The molecule has 1 aliphatic carbocycles. The van der Waals surface area contributed by atoms with Gasteiger partial charge in [-0.15, -0.1) is 0 Å². The first-order valence-corrected chi connectivity index (χ1v) is 10.0. The maximum atomic E-state index is 12.2. The summed E-state index contributed by atoms with van der Waals surface area (Å²) in [5.41, 5.74) is 4.34. The maximum Gasteiger partial charge on any atom is 0.306 e. The molecule has 1 saturated heterocycles. The number of H-pyrrole nitrogens is 1. The molecule has 2 fully saturated rings. The summed E-state index contributed by atoms with van der Waals surface area (Å²) < 4.78 is 11.0. The van der Waals surface area contributed by atoms with Gasteiger partial charge in [0.1, 0.15) is 43.2 Å². The van der Waals surface area contributed by atoms with Crippen molar-refractivity contribution in [3.8, 4) is 6.07 Å². The van der Waals surface area contributed by atoms with Crippen LogP contribution in [0.4, 0.5) is 0 Å². The number of rotatable bonds is 7. The number of nitrogens with two attached hydrogens (primary N) is 1. The molecule has 30 heavy (non-hydrogen) atoms. The van der Waals surface area contributed by atoms with Crippen molar-refractivity contribution in [2.45, 2.75) is 62.4 Å². The molecule has 1 saturated carbocycles. The van der Waals surface area contributed by atoms with Gasteiger partial charge in [-0.1, -0.05) is 19.3 Å². The highest BCUT2D eigenvalue weighted by molar-refractivity contribution is 5.99. The molecule has 0 amide bonds. The van der Waals surface area contributed by atoms with Crippen LogP contribution < -0.4 is 5.73 Å². The minimum Gasteiger partial charge on any atom is -0.463 e. The molecule has 1 aromatic heterocycles. The zero-order valence-electron chi connectivity index (χ0n) is 16.6. The summed E-state index contributed by atoms with van der Waals surface area (Å²) >= 11 is 0. The summed E-state index contributed by atoms with van der Waals surface area (Å²) in [5, 5.41) is 37.7. The van der Waals surface area contributed by atoms with Crippen LogP contribution >= 0.6 is 0 Å². The second-order valence-electron chi connectivity index (χ2n) is 7.76. The third-order valence-electron chi connectivity index (χ3n) is 5.78. The van der Waals surface area contributed by atoms with Gasteiger partial charge in [0.05, 0.1) is 11.4 Å². The van der Waals surface area contributed by atoms with Crippen LogP contribution in [0.5, 0.6) is 0 Å². The van der Waals surface area contributed by atoms with Crippen LogP contribution in [-0.2, 0) is 19.9 Å². The number of esters is 1. The molecular weight excluding hydrogens is 390 g/mol. The van der Waals surface area contributed by atoms with Gasteiger partial charge < -0.3 is 30.4 Å². The van der Waals surface area contributed by atoms with Crippen molar-refractivity contribution >= 4 is 18.1 Å². The number of nitrogens with zero attached hydrogens (tertiary/aromatic N) is 2. The average Bonchev–Trinajstić information content (AvgIpc) is 3.33. The van der Waals surface area contributed by atoms with Gasteiger partial charge in [0.2, 0.25) is 5.60 Å². The lowest BCUT2D eigenvalue weighted by Crippen LogP contribution is -2.40. The molecule has 4 atom stereocenters. The number of nitriles is 1. The zero-order chi connectivity index (χ0) is 21.7. The molecule has 0 radical (unpaired) electrons. The predicted octanol–water partition coefficient (Wildman–Crippen LogP) is 0.680. The van der Waals surface area contributed by atoms with E-state index < -0.39 is 23.9 Å². The van der Waals surface area contributed by atoms with Crippen molar-refractivity contribution in [2.24, 2.45) is 16.6 Å². The largest absolute Gasteiger partial charge is 0.463 e. The Balaban J connectivity index is 1.66. The summed E-state index contributed by atoms with van der Waals surface area (Å²) in [5.74, 6) is -0.0418. The Morgan fingerprint density at radius 2 is 2.17 bits per heavy atom. The molecule has 162 valence electrons. The van der Waals surface area contributed by atoms with Crippen molar-refractivity contribution in [3.05, 3.63) is 23.5 Å². The highest BCUT2D eigenvalue weighted by atomic mass is 16.6. The van der Waals surface area contributed by atoms with Crippen LogP contribution in [0.15, 0.2) is 17.1 Å². The molecule has 1 aliphatic heterocycles. The molecular formula is C20H27N5O5. The number of aromatic amines is 1. The van der Waals surface area contributed by atoms with E-state index in [0.29, 0.717) is 18.0 Å². The Hall–Kier alpha value is -2.74. The van der Waals surface area contributed by atoms with Gasteiger partial charge in [0.15, 0.2) is 0 Å². The number of aliphatic hydroxyl groups is 2. The fraction of sp³-hybridized carbons (Fsp3) is 0.600. The number of ether oxygens (including phenoxy) is 2. The monoisotopic (exact) mass is 417 g/mol. The van der Waals surface area contributed by atoms with Gasteiger partial charge in [-0.2, -0.15) is 5.26 Å². The van der Waals surface area contributed by atoms with E-state index >= 15 is 0 Å². The Labute approximate surface area is 174 Å². The number of hydrogen-bond donors (Lipinski definition) is 5. The minimum atomic E-state index is -1.89. The fourth-order valence-corrected chi connectivity index (χ4v) is 4.09. The number of hydrogen-bond acceptors (Lipinski definition) is 7. The van der Waals surface area contributed by atoms with E-state index in [1.165, 1.54) is 18.6 Å². The quantitative estimate of drug-likeness (QED) is 0.246. The summed E-state index contributed by atoms with van der Waals surface area (Å²) in [6, 6.07) is 4.92. The molecule has 2 heterocycles. The van der Waals surface area contributed by atoms with E-state index in [2.05, 4.69) is 9.98 Å². The lowest BCUT2D eigenvalue weighted by atomic mass is 9.87. The number of carbonyl (C=O) groups is 1. The van der Waals surface area contributed by atoms with Crippen molar-refractivity contribution in [1.29, 1.82) is 10.7 Å². The molecule has 10 nitrogen and oxygen atoms in total. The first kappa shape index (κ1) is 22.0. The van der Waals surface area contributed by atoms with E-state index in [4.69, 9.17) is 20.6 Å². The van der Waals surface area contributed by atoms with E-state index in [-0.39, 0.29) is 24.1 Å². The lowest BCUT2D eigenvalue weighted by Gasteiger charge is -2.23. The number of aliphatic hydroxyl groups excluding tert-OH is 2. The Kier molecular flexibility index (Phi) is 6.87. The molecule has 2 aliphatic rings. The standard InChI is InChI=1S/C20H27N5O5/c21-10-20(15-7-6-13(25-15)19(23)24-11-22)18(28)17(27)14(30-20)9-29-16(26)8-12-4-2-1-3-5-12/h6-7,11-12,14,17-18,25,27-28H,1-5,8-9H2,(H3,22,23,24)/t14-,17-,18-,20+/m1/s1. The number of aliphatic imine (C=N–C) groups is 1. The topological polar surface area (TPSA) is 178 Å². The third kappa shape index (κ3) is 4.38. The summed E-state index contributed by atoms with van der Waals surface area (Å²) in [6.07, 6.45) is 2.48. The molecule has 1 aromatic rings. The molecule has 3 rings (SSSR count). The number of nitrogens with one attached hydrogen (secondary N) is 2. The molecule has 6 N–H and O–H groups in total. The minimum absolute atomic E-state index is 0.0190. The second kappa shape index (κ2) is 9.38. The van der Waals surface area contributed by atoms with Gasteiger partial charge >= 0.3 is 5.97 Å². The van der Waals surface area contributed by atoms with Gasteiger partial charge in [0, 0.05) is 6.42 Å². The Morgan fingerprint density at radius 3 is 2.83 bits per heavy atom. The summed E-state index contributed by atoms with van der Waals surface area (Å²) in [4.78, 5) is 18.6. The van der Waals surface area contributed by atoms with Crippen molar-refractivity contribution in [3.63, 3.8) is 0 Å². The van der Waals surface area contributed by atoms with E-state index in [0.717, 1.165) is 32.0 Å². The van der Waals surface area contributed by atoms with Crippen molar-refractivity contribution in [1.82, 2.24) is 4.98 Å². The third-order valence-corrected chi connectivity index (χ3v) is 5.78. The van der Waals surface area contributed by atoms with Gasteiger partial charge in [-0.25, -0.2) is 4.99 Å². The van der Waals surface area contributed by atoms with Crippen LogP contribution in [0.1, 0.15) is 49.9 Å². The normalized spacial score (nSPS) is 30.0.